The number of aromatic nitrogens is 2. The first-order valence-corrected chi connectivity index (χ1v) is 6.65. The van der Waals surface area contributed by atoms with Crippen LogP contribution >= 0.6 is 11.6 Å². The van der Waals surface area contributed by atoms with Crippen molar-refractivity contribution in [2.75, 3.05) is 38.2 Å². The van der Waals surface area contributed by atoms with E-state index >= 15 is 0 Å². The standard InChI is InChI=1S/C12H17ClN4O2/c1-16(6-7-18)11(19)10-9(13)8-14-12(15-10)17-4-2-3-5-17/h8,18H,2-7H2,1H3. The Balaban J connectivity index is 2.23. The summed E-state index contributed by atoms with van der Waals surface area (Å²) < 4.78 is 0. The van der Waals surface area contributed by atoms with Crippen molar-refractivity contribution in [2.45, 2.75) is 12.8 Å². The van der Waals surface area contributed by atoms with Crippen molar-refractivity contribution < 1.29 is 9.90 Å². The number of aliphatic hydroxyl groups excluding tert-OH is 1. The maximum absolute atomic E-state index is 12.1. The van der Waals surface area contributed by atoms with E-state index in [1.807, 2.05) is 4.90 Å². The lowest BCUT2D eigenvalue weighted by Crippen LogP contribution is -2.31. The molecule has 104 valence electrons. The maximum Gasteiger partial charge on any atom is 0.274 e. The molecule has 1 aliphatic heterocycles. The molecule has 0 spiro atoms. The summed E-state index contributed by atoms with van der Waals surface area (Å²) in [5, 5.41) is 9.10. The normalized spacial score (nSPS) is 14.8. The number of amides is 1. The molecular formula is C12H17ClN4O2. The molecule has 0 atom stereocenters. The van der Waals surface area contributed by atoms with E-state index in [2.05, 4.69) is 9.97 Å². The molecule has 1 aromatic heterocycles. The van der Waals surface area contributed by atoms with Crippen LogP contribution in [0, 0.1) is 0 Å². The molecule has 0 bridgehead atoms. The molecule has 1 N–H and O–H groups in total. The average Bonchev–Trinajstić information content (AvgIpc) is 2.93. The number of carbonyl (C=O) groups is 1. The van der Waals surface area contributed by atoms with E-state index in [1.54, 1.807) is 7.05 Å². The summed E-state index contributed by atoms with van der Waals surface area (Å²) in [6.45, 7) is 1.96. The Morgan fingerprint density at radius 3 is 2.84 bits per heavy atom. The summed E-state index contributed by atoms with van der Waals surface area (Å²) in [4.78, 5) is 24.0. The Labute approximate surface area is 117 Å². The Morgan fingerprint density at radius 2 is 2.21 bits per heavy atom. The predicted molar refractivity (Wildman–Crippen MR) is 72.5 cm³/mol. The minimum atomic E-state index is -0.304. The molecule has 1 fully saturated rings. The van der Waals surface area contributed by atoms with Gasteiger partial charge >= 0.3 is 0 Å². The zero-order chi connectivity index (χ0) is 13.8. The van der Waals surface area contributed by atoms with Gasteiger partial charge in [0.2, 0.25) is 5.95 Å². The fourth-order valence-electron chi connectivity index (χ4n) is 2.01. The molecule has 6 nitrogen and oxygen atoms in total. The van der Waals surface area contributed by atoms with Crippen molar-refractivity contribution in [3.05, 3.63) is 16.9 Å². The van der Waals surface area contributed by atoms with E-state index in [0.29, 0.717) is 5.95 Å². The highest BCUT2D eigenvalue weighted by atomic mass is 35.5. The van der Waals surface area contributed by atoms with Crippen LogP contribution in [-0.4, -0.2) is 59.2 Å². The van der Waals surface area contributed by atoms with Gasteiger partial charge in [-0.1, -0.05) is 11.6 Å². The summed E-state index contributed by atoms with van der Waals surface area (Å²) in [7, 11) is 1.60. The minimum absolute atomic E-state index is 0.0933. The molecule has 0 aromatic carbocycles. The van der Waals surface area contributed by atoms with Crippen molar-refractivity contribution in [3.63, 3.8) is 0 Å². The summed E-state index contributed by atoms with van der Waals surface area (Å²) in [6.07, 6.45) is 3.68. The number of carbonyl (C=O) groups excluding carboxylic acids is 1. The molecule has 1 aliphatic rings. The number of likely N-dealkylation sites (N-methyl/N-ethyl adjacent to an activating group) is 1. The average molecular weight is 285 g/mol. The van der Waals surface area contributed by atoms with Gasteiger partial charge in [-0.25, -0.2) is 9.97 Å². The molecule has 19 heavy (non-hydrogen) atoms. The summed E-state index contributed by atoms with van der Waals surface area (Å²) in [6, 6.07) is 0. The van der Waals surface area contributed by atoms with E-state index in [-0.39, 0.29) is 29.8 Å². The first-order valence-electron chi connectivity index (χ1n) is 6.27. The Morgan fingerprint density at radius 1 is 1.53 bits per heavy atom. The fourth-order valence-corrected chi connectivity index (χ4v) is 2.18. The Bertz CT molecular complexity index is 463. The van der Waals surface area contributed by atoms with Gasteiger partial charge in [-0.05, 0) is 12.8 Å². The maximum atomic E-state index is 12.1. The molecule has 7 heteroatoms. The number of rotatable bonds is 4. The van der Waals surface area contributed by atoms with Gasteiger partial charge in [-0.3, -0.25) is 4.79 Å². The van der Waals surface area contributed by atoms with Gasteiger partial charge in [-0.15, -0.1) is 0 Å². The van der Waals surface area contributed by atoms with Gasteiger partial charge in [0.1, 0.15) is 0 Å². The zero-order valence-corrected chi connectivity index (χ0v) is 11.6. The number of anilines is 1. The highest BCUT2D eigenvalue weighted by molar-refractivity contribution is 6.33. The van der Waals surface area contributed by atoms with Crippen LogP contribution in [0.1, 0.15) is 23.3 Å². The summed E-state index contributed by atoms with van der Waals surface area (Å²) in [5.41, 5.74) is 0.189. The molecular weight excluding hydrogens is 268 g/mol. The number of hydrogen-bond acceptors (Lipinski definition) is 5. The lowest BCUT2D eigenvalue weighted by molar-refractivity contribution is 0.0761. The van der Waals surface area contributed by atoms with Crippen molar-refractivity contribution in [1.29, 1.82) is 0 Å². The second kappa shape index (κ2) is 6.16. The van der Waals surface area contributed by atoms with Crippen LogP contribution in [0.15, 0.2) is 6.20 Å². The molecule has 0 aliphatic carbocycles. The lowest BCUT2D eigenvalue weighted by Gasteiger charge is -2.18. The SMILES string of the molecule is CN(CCO)C(=O)c1nc(N2CCCC2)ncc1Cl. The first kappa shape index (κ1) is 14.0. The van der Waals surface area contributed by atoms with Gasteiger partial charge in [0, 0.05) is 26.7 Å². The Kier molecular flexibility index (Phi) is 4.55. The topological polar surface area (TPSA) is 69.6 Å². The summed E-state index contributed by atoms with van der Waals surface area (Å²) in [5.74, 6) is 0.240. The third-order valence-corrected chi connectivity index (χ3v) is 3.38. The van der Waals surface area contributed by atoms with Gasteiger partial charge in [0.05, 0.1) is 17.8 Å². The number of halogens is 1. The van der Waals surface area contributed by atoms with Gasteiger partial charge in [-0.2, -0.15) is 0 Å². The highest BCUT2D eigenvalue weighted by Crippen LogP contribution is 2.20. The highest BCUT2D eigenvalue weighted by Gasteiger charge is 2.21. The van der Waals surface area contributed by atoms with Crippen molar-refractivity contribution in [2.24, 2.45) is 0 Å². The van der Waals surface area contributed by atoms with Gasteiger partial charge < -0.3 is 14.9 Å². The minimum Gasteiger partial charge on any atom is -0.395 e. The third kappa shape index (κ3) is 3.13. The lowest BCUT2D eigenvalue weighted by atomic mass is 10.3. The van der Waals surface area contributed by atoms with Crippen LogP contribution in [0.2, 0.25) is 5.02 Å². The van der Waals surface area contributed by atoms with Gasteiger partial charge in [0.15, 0.2) is 5.69 Å². The van der Waals surface area contributed by atoms with Crippen LogP contribution in [0.3, 0.4) is 0 Å². The smallest absolute Gasteiger partial charge is 0.274 e. The summed E-state index contributed by atoms with van der Waals surface area (Å²) >= 11 is 5.99. The zero-order valence-electron chi connectivity index (χ0n) is 10.8. The van der Waals surface area contributed by atoms with Gasteiger partial charge in [0.25, 0.3) is 5.91 Å². The molecule has 1 amide bonds. The number of aliphatic hydroxyl groups is 1. The van der Waals surface area contributed by atoms with Crippen molar-refractivity contribution in [3.8, 4) is 0 Å². The Hall–Kier alpha value is -1.40. The molecule has 2 heterocycles. The van der Waals surface area contributed by atoms with Crippen LogP contribution in [-0.2, 0) is 0 Å². The molecule has 0 radical (unpaired) electrons. The quantitative estimate of drug-likeness (QED) is 0.885. The molecule has 1 saturated heterocycles. The van der Waals surface area contributed by atoms with E-state index < -0.39 is 0 Å². The van der Waals surface area contributed by atoms with E-state index in [0.717, 1.165) is 25.9 Å². The second-order valence-corrected chi connectivity index (χ2v) is 4.92. The molecule has 2 rings (SSSR count). The van der Waals surface area contributed by atoms with Crippen LogP contribution in [0.4, 0.5) is 5.95 Å². The molecule has 0 unspecified atom stereocenters. The van der Waals surface area contributed by atoms with Crippen LogP contribution < -0.4 is 4.90 Å². The van der Waals surface area contributed by atoms with E-state index in [4.69, 9.17) is 16.7 Å². The third-order valence-electron chi connectivity index (χ3n) is 3.10. The largest absolute Gasteiger partial charge is 0.395 e. The van der Waals surface area contributed by atoms with E-state index in [9.17, 15) is 4.79 Å². The predicted octanol–water partition coefficient (Wildman–Crippen LogP) is 0.794. The van der Waals surface area contributed by atoms with Crippen LogP contribution in [0.5, 0.6) is 0 Å². The van der Waals surface area contributed by atoms with Crippen LogP contribution in [0.25, 0.3) is 0 Å². The van der Waals surface area contributed by atoms with Crippen molar-refractivity contribution >= 4 is 23.5 Å². The molecule has 0 saturated carbocycles. The van der Waals surface area contributed by atoms with E-state index in [1.165, 1.54) is 11.1 Å². The van der Waals surface area contributed by atoms with Crippen molar-refractivity contribution in [1.82, 2.24) is 14.9 Å². The monoisotopic (exact) mass is 284 g/mol. The second-order valence-electron chi connectivity index (χ2n) is 4.51. The number of hydrogen-bond donors (Lipinski definition) is 1. The fraction of sp³-hybridized carbons (Fsp3) is 0.583. The first-order chi connectivity index (χ1) is 9.13. The molecule has 1 aromatic rings. The number of nitrogens with zero attached hydrogens (tertiary/aromatic N) is 4.